The summed E-state index contributed by atoms with van der Waals surface area (Å²) >= 11 is 0. The third kappa shape index (κ3) is 2.26. The Morgan fingerprint density at radius 3 is 2.38 bits per heavy atom. The van der Waals surface area contributed by atoms with Crippen LogP contribution in [0.15, 0.2) is 47.4 Å². The molecule has 0 N–H and O–H groups in total. The summed E-state index contributed by atoms with van der Waals surface area (Å²) < 4.78 is 38.4. The summed E-state index contributed by atoms with van der Waals surface area (Å²) in [5, 5.41) is 0. The van der Waals surface area contributed by atoms with Crippen molar-refractivity contribution in [2.75, 3.05) is 17.6 Å². The summed E-state index contributed by atoms with van der Waals surface area (Å²) in [5.74, 6) is 1.23. The fourth-order valence-electron chi connectivity index (χ4n) is 2.95. The lowest BCUT2D eigenvalue weighted by Crippen LogP contribution is -2.33. The number of anilines is 1. The Kier molecular flexibility index (Phi) is 3.31. The zero-order valence-corrected chi connectivity index (χ0v) is 14.3. The van der Waals surface area contributed by atoms with Crippen molar-refractivity contribution in [2.45, 2.75) is 18.7 Å². The zero-order valence-electron chi connectivity index (χ0n) is 13.4. The summed E-state index contributed by atoms with van der Waals surface area (Å²) in [4.78, 5) is 0.282. The molecule has 124 valence electrons. The second kappa shape index (κ2) is 5.27. The van der Waals surface area contributed by atoms with Gasteiger partial charge in [-0.2, -0.15) is 0 Å². The molecule has 0 radical (unpaired) electrons. The van der Waals surface area contributed by atoms with Gasteiger partial charge in [-0.3, -0.25) is 4.31 Å². The molecule has 5 nitrogen and oxygen atoms in total. The summed E-state index contributed by atoms with van der Waals surface area (Å²) in [6.07, 6.45) is 1.91. The van der Waals surface area contributed by atoms with Crippen molar-refractivity contribution < 1.29 is 17.9 Å². The first kappa shape index (κ1) is 15.1. The fraction of sp³-hybridized carbons (Fsp3) is 0.222. The van der Waals surface area contributed by atoms with Crippen LogP contribution in [0, 0.1) is 6.92 Å². The molecule has 0 saturated carbocycles. The molecular formula is C18H17NO4S. The lowest BCUT2D eigenvalue weighted by Gasteiger charge is -2.29. The molecule has 4 rings (SSSR count). The summed E-state index contributed by atoms with van der Waals surface area (Å²) in [5.41, 5.74) is 3.52. The Labute approximate surface area is 141 Å². The van der Waals surface area contributed by atoms with Gasteiger partial charge in [0, 0.05) is 11.6 Å². The van der Waals surface area contributed by atoms with Gasteiger partial charge in [-0.15, -0.1) is 0 Å². The first-order chi connectivity index (χ1) is 11.5. The molecule has 6 heteroatoms. The summed E-state index contributed by atoms with van der Waals surface area (Å²) in [6, 6.07) is 10.5. The van der Waals surface area contributed by atoms with Crippen LogP contribution in [0.2, 0.25) is 0 Å². The molecule has 2 heterocycles. The molecule has 2 aromatic carbocycles. The van der Waals surface area contributed by atoms with Gasteiger partial charge in [0.15, 0.2) is 11.5 Å². The predicted molar refractivity (Wildman–Crippen MR) is 91.9 cm³/mol. The summed E-state index contributed by atoms with van der Waals surface area (Å²) in [7, 11) is -3.64. The van der Waals surface area contributed by atoms with E-state index in [1.165, 1.54) is 4.31 Å². The number of nitrogens with zero attached hydrogens (tertiary/aromatic N) is 1. The fourth-order valence-corrected chi connectivity index (χ4v) is 4.36. The second-order valence-electron chi connectivity index (χ2n) is 5.96. The highest BCUT2D eigenvalue weighted by atomic mass is 32.2. The zero-order chi connectivity index (χ0) is 16.9. The van der Waals surface area contributed by atoms with E-state index in [9.17, 15) is 8.42 Å². The van der Waals surface area contributed by atoms with Crippen LogP contribution in [0.1, 0.15) is 18.1 Å². The Bertz CT molecular complexity index is 946. The van der Waals surface area contributed by atoms with E-state index in [0.717, 1.165) is 16.7 Å². The maximum absolute atomic E-state index is 13.1. The van der Waals surface area contributed by atoms with Gasteiger partial charge in [0.2, 0.25) is 6.79 Å². The summed E-state index contributed by atoms with van der Waals surface area (Å²) in [6.45, 7) is 4.36. The topological polar surface area (TPSA) is 55.8 Å². The molecule has 0 fully saturated rings. The van der Waals surface area contributed by atoms with E-state index in [2.05, 4.69) is 0 Å². The molecule has 24 heavy (non-hydrogen) atoms. The molecule has 0 atom stereocenters. The van der Waals surface area contributed by atoms with E-state index < -0.39 is 10.0 Å². The molecule has 0 unspecified atom stereocenters. The van der Waals surface area contributed by atoms with Crippen LogP contribution in [-0.4, -0.2) is 21.8 Å². The first-order valence-electron chi connectivity index (χ1n) is 7.67. The van der Waals surface area contributed by atoms with Crippen LogP contribution in [0.4, 0.5) is 5.69 Å². The standard InChI is InChI=1S/C18H17NO4S/c1-12-3-5-14(6-4-12)24(20,21)19-8-7-13(2)15-9-17-18(10-16(15)19)23-11-22-17/h3-7,9-10H,8,11H2,1-2H3. The normalized spacial score (nSPS) is 15.9. The molecule has 0 amide bonds. The lowest BCUT2D eigenvalue weighted by atomic mass is 10.0. The van der Waals surface area contributed by atoms with Crippen molar-refractivity contribution in [3.63, 3.8) is 0 Å². The maximum atomic E-state index is 13.1. The van der Waals surface area contributed by atoms with E-state index in [1.807, 2.05) is 26.0 Å². The number of hydrogen-bond donors (Lipinski definition) is 0. The third-order valence-electron chi connectivity index (χ3n) is 4.36. The Morgan fingerprint density at radius 1 is 1.00 bits per heavy atom. The highest BCUT2D eigenvalue weighted by Crippen LogP contribution is 2.43. The van der Waals surface area contributed by atoms with Gasteiger partial charge in [-0.25, -0.2) is 8.42 Å². The SMILES string of the molecule is CC1=CCN(S(=O)(=O)c2ccc(C)cc2)c2cc3c(cc21)OCO3. The van der Waals surface area contributed by atoms with E-state index >= 15 is 0 Å². The molecule has 0 aliphatic carbocycles. The van der Waals surface area contributed by atoms with Crippen molar-refractivity contribution in [3.8, 4) is 11.5 Å². The van der Waals surface area contributed by atoms with Gasteiger partial charge in [0.05, 0.1) is 17.1 Å². The minimum absolute atomic E-state index is 0.158. The van der Waals surface area contributed by atoms with Crippen molar-refractivity contribution >= 4 is 21.3 Å². The van der Waals surface area contributed by atoms with Gasteiger partial charge in [-0.1, -0.05) is 23.8 Å². The highest BCUT2D eigenvalue weighted by molar-refractivity contribution is 7.92. The van der Waals surface area contributed by atoms with Gasteiger partial charge >= 0.3 is 0 Å². The molecular weight excluding hydrogens is 326 g/mol. The highest BCUT2D eigenvalue weighted by Gasteiger charge is 2.31. The van der Waals surface area contributed by atoms with Crippen LogP contribution in [-0.2, 0) is 10.0 Å². The monoisotopic (exact) mass is 343 g/mol. The number of sulfonamides is 1. The third-order valence-corrected chi connectivity index (χ3v) is 6.15. The van der Waals surface area contributed by atoms with E-state index in [0.29, 0.717) is 23.7 Å². The maximum Gasteiger partial charge on any atom is 0.264 e. The average Bonchev–Trinajstić information content (AvgIpc) is 3.01. The number of benzene rings is 2. The van der Waals surface area contributed by atoms with Crippen LogP contribution < -0.4 is 13.8 Å². The molecule has 0 spiro atoms. The number of ether oxygens (including phenoxy) is 2. The van der Waals surface area contributed by atoms with Crippen molar-refractivity contribution in [1.29, 1.82) is 0 Å². The number of aryl methyl sites for hydroxylation is 1. The van der Waals surface area contributed by atoms with Gasteiger partial charge in [0.1, 0.15) is 0 Å². The molecule has 2 aliphatic rings. The predicted octanol–water partition coefficient (Wildman–Crippen LogP) is 3.34. The molecule has 0 bridgehead atoms. The average molecular weight is 343 g/mol. The Hall–Kier alpha value is -2.47. The van der Waals surface area contributed by atoms with Gasteiger partial charge in [-0.05, 0) is 37.6 Å². The van der Waals surface area contributed by atoms with E-state index in [1.54, 1.807) is 30.3 Å². The first-order valence-corrected chi connectivity index (χ1v) is 9.11. The minimum atomic E-state index is -3.64. The number of rotatable bonds is 2. The van der Waals surface area contributed by atoms with Crippen molar-refractivity contribution in [3.05, 3.63) is 53.6 Å². The number of hydrogen-bond acceptors (Lipinski definition) is 4. The van der Waals surface area contributed by atoms with Crippen LogP contribution in [0.5, 0.6) is 11.5 Å². The minimum Gasteiger partial charge on any atom is -0.454 e. The quantitative estimate of drug-likeness (QED) is 0.839. The Morgan fingerprint density at radius 2 is 1.67 bits per heavy atom. The van der Waals surface area contributed by atoms with Crippen molar-refractivity contribution in [1.82, 2.24) is 0 Å². The van der Waals surface area contributed by atoms with Crippen LogP contribution in [0.3, 0.4) is 0 Å². The largest absolute Gasteiger partial charge is 0.454 e. The van der Waals surface area contributed by atoms with Gasteiger partial charge < -0.3 is 9.47 Å². The van der Waals surface area contributed by atoms with Gasteiger partial charge in [0.25, 0.3) is 10.0 Å². The molecule has 2 aliphatic heterocycles. The van der Waals surface area contributed by atoms with E-state index in [-0.39, 0.29) is 11.7 Å². The van der Waals surface area contributed by atoms with Crippen molar-refractivity contribution in [2.24, 2.45) is 0 Å². The van der Waals surface area contributed by atoms with E-state index in [4.69, 9.17) is 9.47 Å². The number of allylic oxidation sites excluding steroid dienone is 1. The second-order valence-corrected chi connectivity index (χ2v) is 7.82. The van der Waals surface area contributed by atoms with Crippen LogP contribution >= 0.6 is 0 Å². The van der Waals surface area contributed by atoms with Crippen LogP contribution in [0.25, 0.3) is 5.57 Å². The molecule has 2 aromatic rings. The smallest absolute Gasteiger partial charge is 0.264 e. The number of fused-ring (bicyclic) bond motifs is 2. The Balaban J connectivity index is 1.85. The lowest BCUT2D eigenvalue weighted by molar-refractivity contribution is 0.174. The molecule has 0 saturated heterocycles. The molecule has 0 aromatic heterocycles.